The van der Waals surface area contributed by atoms with Crippen molar-refractivity contribution in [1.29, 1.82) is 0 Å². The van der Waals surface area contributed by atoms with Crippen molar-refractivity contribution in [2.45, 2.75) is 85.5 Å². The smallest absolute Gasteiger partial charge is 0.168 e. The first-order valence-corrected chi connectivity index (χ1v) is 11.5. The van der Waals surface area contributed by atoms with E-state index in [2.05, 4.69) is 87.6 Å². The summed E-state index contributed by atoms with van der Waals surface area (Å²) in [5, 5.41) is 9.36. The van der Waals surface area contributed by atoms with E-state index < -0.39 is 0 Å². The first-order chi connectivity index (χ1) is 14.4. The van der Waals surface area contributed by atoms with Gasteiger partial charge in [0.25, 0.3) is 0 Å². The van der Waals surface area contributed by atoms with E-state index in [0.29, 0.717) is 0 Å². The highest BCUT2D eigenvalue weighted by atomic mass is 15.3. The van der Waals surface area contributed by atoms with Gasteiger partial charge >= 0.3 is 0 Å². The van der Waals surface area contributed by atoms with Gasteiger partial charge in [-0.05, 0) is 49.8 Å². The zero-order chi connectivity index (χ0) is 21.7. The van der Waals surface area contributed by atoms with E-state index in [1.165, 1.54) is 48.1 Å². The van der Waals surface area contributed by atoms with Crippen LogP contribution >= 0.6 is 0 Å². The average molecular weight is 404 g/mol. The Morgan fingerprint density at radius 3 is 2.13 bits per heavy atom. The Morgan fingerprint density at radius 1 is 0.867 bits per heavy atom. The van der Waals surface area contributed by atoms with Crippen LogP contribution < -0.4 is 0 Å². The fraction of sp³-hybridized carbons (Fsp3) is 0.481. The molecule has 0 saturated heterocycles. The van der Waals surface area contributed by atoms with Crippen LogP contribution in [-0.4, -0.2) is 14.8 Å². The highest BCUT2D eigenvalue weighted by Crippen LogP contribution is 2.34. The molecule has 30 heavy (non-hydrogen) atoms. The maximum Gasteiger partial charge on any atom is 0.168 e. The van der Waals surface area contributed by atoms with E-state index >= 15 is 0 Å². The van der Waals surface area contributed by atoms with Crippen LogP contribution in [0.2, 0.25) is 0 Å². The molecule has 1 heterocycles. The van der Waals surface area contributed by atoms with Gasteiger partial charge in [0.15, 0.2) is 5.82 Å². The Balaban J connectivity index is 2.11. The summed E-state index contributed by atoms with van der Waals surface area (Å²) in [5.41, 5.74) is 6.31. The summed E-state index contributed by atoms with van der Waals surface area (Å²) in [7, 11) is 0. The van der Waals surface area contributed by atoms with Gasteiger partial charge in [-0.15, -0.1) is 10.2 Å². The van der Waals surface area contributed by atoms with Crippen LogP contribution in [0.15, 0.2) is 42.5 Å². The first kappa shape index (κ1) is 22.3. The van der Waals surface area contributed by atoms with Crippen LogP contribution in [0.4, 0.5) is 0 Å². The number of aryl methyl sites for hydroxylation is 3. The Hall–Kier alpha value is -2.42. The number of nitrogens with zero attached hydrogens (tertiary/aromatic N) is 3. The van der Waals surface area contributed by atoms with Crippen molar-refractivity contribution in [2.75, 3.05) is 0 Å². The highest BCUT2D eigenvalue weighted by Gasteiger charge is 2.29. The minimum absolute atomic E-state index is 0.0578. The molecule has 0 bridgehead atoms. The molecule has 0 aliphatic carbocycles. The van der Waals surface area contributed by atoms with Crippen LogP contribution in [0.25, 0.3) is 17.1 Å². The fourth-order valence-electron chi connectivity index (χ4n) is 4.16. The standard InChI is InChI=1S/C27H37N3/c1-7-9-10-12-15-22-18-20(3)24(21(4)19-22)30-25(23-16-13-11-14-17-23)28-29-26(30)27(5,6)8-2/h11,13-14,16-19H,7-10,12,15H2,1-6H3. The molecular weight excluding hydrogens is 366 g/mol. The van der Waals surface area contributed by atoms with E-state index in [-0.39, 0.29) is 5.41 Å². The van der Waals surface area contributed by atoms with Crippen LogP contribution in [0.3, 0.4) is 0 Å². The maximum atomic E-state index is 4.70. The second-order valence-corrected chi connectivity index (χ2v) is 9.17. The monoisotopic (exact) mass is 403 g/mol. The summed E-state index contributed by atoms with van der Waals surface area (Å²) in [4.78, 5) is 0. The van der Waals surface area contributed by atoms with Crippen molar-refractivity contribution in [2.24, 2.45) is 0 Å². The summed E-state index contributed by atoms with van der Waals surface area (Å²) in [6, 6.07) is 15.2. The second-order valence-electron chi connectivity index (χ2n) is 9.17. The third kappa shape index (κ3) is 4.66. The number of hydrogen-bond donors (Lipinski definition) is 0. The normalized spacial score (nSPS) is 11.8. The Kier molecular flexibility index (Phi) is 7.12. The molecule has 1 aromatic heterocycles. The van der Waals surface area contributed by atoms with Crippen LogP contribution in [-0.2, 0) is 11.8 Å². The molecule has 0 N–H and O–H groups in total. The van der Waals surface area contributed by atoms with E-state index in [1.807, 2.05) is 6.07 Å². The molecule has 160 valence electrons. The zero-order valence-corrected chi connectivity index (χ0v) is 19.6. The SMILES string of the molecule is CCCCCCc1cc(C)c(-n2c(-c3ccccc3)nnc2C(C)(C)CC)c(C)c1. The van der Waals surface area contributed by atoms with Gasteiger partial charge in [0, 0.05) is 11.0 Å². The lowest BCUT2D eigenvalue weighted by Gasteiger charge is -2.25. The number of unbranched alkanes of at least 4 members (excludes halogenated alkanes) is 3. The van der Waals surface area contributed by atoms with Gasteiger partial charge in [-0.25, -0.2) is 0 Å². The van der Waals surface area contributed by atoms with Gasteiger partial charge in [0.1, 0.15) is 5.82 Å². The van der Waals surface area contributed by atoms with Crippen LogP contribution in [0, 0.1) is 13.8 Å². The molecule has 0 unspecified atom stereocenters. The maximum absolute atomic E-state index is 4.70. The molecule has 0 aliphatic heterocycles. The molecule has 0 amide bonds. The Bertz CT molecular complexity index is 944. The van der Waals surface area contributed by atoms with Crippen molar-refractivity contribution in [3.05, 3.63) is 65.0 Å². The second kappa shape index (κ2) is 9.59. The minimum Gasteiger partial charge on any atom is -0.278 e. The lowest BCUT2D eigenvalue weighted by molar-refractivity contribution is 0.464. The molecule has 3 rings (SSSR count). The fourth-order valence-corrected chi connectivity index (χ4v) is 4.16. The topological polar surface area (TPSA) is 30.7 Å². The largest absolute Gasteiger partial charge is 0.278 e. The highest BCUT2D eigenvalue weighted by molar-refractivity contribution is 5.62. The molecule has 3 nitrogen and oxygen atoms in total. The lowest BCUT2D eigenvalue weighted by Crippen LogP contribution is -2.22. The molecule has 0 spiro atoms. The van der Waals surface area contributed by atoms with E-state index in [0.717, 1.165) is 30.1 Å². The summed E-state index contributed by atoms with van der Waals surface area (Å²) in [6.07, 6.45) is 7.35. The number of hydrogen-bond acceptors (Lipinski definition) is 2. The number of benzene rings is 2. The third-order valence-electron chi connectivity index (χ3n) is 6.28. The van der Waals surface area contributed by atoms with Crippen LogP contribution in [0.1, 0.15) is 82.3 Å². The summed E-state index contributed by atoms with van der Waals surface area (Å²) in [6.45, 7) is 13.5. The molecule has 2 aromatic carbocycles. The molecule has 0 aliphatic rings. The molecule has 0 radical (unpaired) electrons. The predicted molar refractivity (Wildman–Crippen MR) is 127 cm³/mol. The first-order valence-electron chi connectivity index (χ1n) is 11.5. The van der Waals surface area contributed by atoms with E-state index in [1.54, 1.807) is 0 Å². The molecule has 3 heteroatoms. The minimum atomic E-state index is -0.0578. The molecule has 0 fully saturated rings. The van der Waals surface area contributed by atoms with Crippen molar-refractivity contribution >= 4 is 0 Å². The number of rotatable bonds is 9. The van der Waals surface area contributed by atoms with Gasteiger partial charge in [-0.2, -0.15) is 0 Å². The third-order valence-corrected chi connectivity index (χ3v) is 6.28. The summed E-state index contributed by atoms with van der Waals surface area (Å²) in [5.74, 6) is 1.96. The van der Waals surface area contributed by atoms with Crippen molar-refractivity contribution in [3.63, 3.8) is 0 Å². The Morgan fingerprint density at radius 2 is 1.53 bits per heavy atom. The van der Waals surface area contributed by atoms with Crippen molar-refractivity contribution in [3.8, 4) is 17.1 Å². The van der Waals surface area contributed by atoms with E-state index in [9.17, 15) is 0 Å². The van der Waals surface area contributed by atoms with Gasteiger partial charge in [0.05, 0.1) is 5.69 Å². The molecule has 0 atom stereocenters. The molecule has 3 aromatic rings. The van der Waals surface area contributed by atoms with Crippen molar-refractivity contribution < 1.29 is 0 Å². The quantitative estimate of drug-likeness (QED) is 0.349. The van der Waals surface area contributed by atoms with Gasteiger partial charge in [0.2, 0.25) is 0 Å². The van der Waals surface area contributed by atoms with Gasteiger partial charge in [-0.1, -0.05) is 89.4 Å². The summed E-state index contributed by atoms with van der Waals surface area (Å²) >= 11 is 0. The number of aromatic nitrogens is 3. The lowest BCUT2D eigenvalue weighted by atomic mass is 9.88. The zero-order valence-electron chi connectivity index (χ0n) is 19.6. The Labute approximate surface area is 182 Å². The average Bonchev–Trinajstić information content (AvgIpc) is 3.17. The predicted octanol–water partition coefficient (Wildman–Crippen LogP) is 7.36. The van der Waals surface area contributed by atoms with Crippen LogP contribution in [0.5, 0.6) is 0 Å². The summed E-state index contributed by atoms with van der Waals surface area (Å²) < 4.78 is 2.31. The molecular formula is C27H37N3. The van der Waals surface area contributed by atoms with Gasteiger partial charge in [-0.3, -0.25) is 4.57 Å². The van der Waals surface area contributed by atoms with Gasteiger partial charge < -0.3 is 0 Å². The van der Waals surface area contributed by atoms with Crippen molar-refractivity contribution in [1.82, 2.24) is 14.8 Å². The molecule has 0 saturated carbocycles. The van der Waals surface area contributed by atoms with E-state index in [4.69, 9.17) is 5.10 Å².